The lowest BCUT2D eigenvalue weighted by Crippen LogP contribution is -2.27. The molecule has 0 aliphatic heterocycles. The first kappa shape index (κ1) is 25.3. The van der Waals surface area contributed by atoms with Crippen molar-refractivity contribution in [2.75, 3.05) is 0 Å². The van der Waals surface area contributed by atoms with Crippen molar-refractivity contribution in [1.82, 2.24) is 44.5 Å². The van der Waals surface area contributed by atoms with Crippen LogP contribution in [0.5, 0.6) is 0 Å². The first-order valence-electron chi connectivity index (χ1n) is 13.2. The van der Waals surface area contributed by atoms with Gasteiger partial charge in [0.25, 0.3) is 0 Å². The number of pyridine rings is 1. The van der Waals surface area contributed by atoms with E-state index in [1.165, 1.54) is 0 Å². The standard InChI is InChI=1S/C28H33N9O/c1-5-7-10-23-18-36(27-20(6-2)16-30-37(27)19(3)4)28(38)35(23)17-22-14-13-21(15-29-22)24-11-8-9-12-25(24)26-31-33-34-32-26/h8-9,11-16,18-19H,5-7,10,17H2,1-4H3,(H,31,32,33,34). The Labute approximate surface area is 221 Å². The molecule has 0 spiro atoms. The van der Waals surface area contributed by atoms with Crippen LogP contribution >= 0.6 is 0 Å². The lowest BCUT2D eigenvalue weighted by Gasteiger charge is -2.12. The Bertz CT molecular complexity index is 1560. The first-order valence-corrected chi connectivity index (χ1v) is 13.2. The van der Waals surface area contributed by atoms with Crippen molar-refractivity contribution in [3.63, 3.8) is 0 Å². The number of benzene rings is 1. The summed E-state index contributed by atoms with van der Waals surface area (Å²) in [6, 6.07) is 12.1. The molecule has 1 aromatic carbocycles. The van der Waals surface area contributed by atoms with E-state index in [0.717, 1.165) is 65.1 Å². The molecule has 4 aromatic heterocycles. The maximum Gasteiger partial charge on any atom is 0.334 e. The molecule has 1 N–H and O–H groups in total. The molecule has 0 saturated heterocycles. The molecule has 0 amide bonds. The largest absolute Gasteiger partial charge is 0.334 e. The number of aryl methyl sites for hydroxylation is 2. The van der Waals surface area contributed by atoms with E-state index in [2.05, 4.69) is 53.4 Å². The summed E-state index contributed by atoms with van der Waals surface area (Å²) in [4.78, 5) is 18.5. The number of H-pyrrole nitrogens is 1. The zero-order chi connectivity index (χ0) is 26.6. The molecular weight excluding hydrogens is 478 g/mol. The summed E-state index contributed by atoms with van der Waals surface area (Å²) >= 11 is 0. The topological polar surface area (TPSA) is 112 Å². The van der Waals surface area contributed by atoms with Crippen LogP contribution in [0.15, 0.2) is 59.8 Å². The van der Waals surface area contributed by atoms with Crippen LogP contribution < -0.4 is 5.69 Å². The first-order chi connectivity index (χ1) is 18.5. The lowest BCUT2D eigenvalue weighted by atomic mass is 10.0. The number of aromatic nitrogens is 9. The predicted molar refractivity (Wildman–Crippen MR) is 146 cm³/mol. The monoisotopic (exact) mass is 511 g/mol. The van der Waals surface area contributed by atoms with Crippen molar-refractivity contribution in [3.8, 4) is 28.3 Å². The Morgan fingerprint density at radius 2 is 1.84 bits per heavy atom. The summed E-state index contributed by atoms with van der Waals surface area (Å²) in [5.74, 6) is 1.45. The highest BCUT2D eigenvalue weighted by Gasteiger charge is 2.20. The van der Waals surface area contributed by atoms with Gasteiger partial charge >= 0.3 is 5.69 Å². The van der Waals surface area contributed by atoms with Crippen molar-refractivity contribution in [3.05, 3.63) is 82.4 Å². The van der Waals surface area contributed by atoms with Crippen LogP contribution in [0.4, 0.5) is 0 Å². The number of nitrogens with one attached hydrogen (secondary N) is 1. The van der Waals surface area contributed by atoms with Crippen molar-refractivity contribution in [2.24, 2.45) is 0 Å². The Balaban J connectivity index is 1.50. The number of rotatable bonds is 10. The Kier molecular flexibility index (Phi) is 7.30. The molecule has 5 rings (SSSR count). The average Bonchev–Trinajstić information content (AvgIpc) is 3.68. The molecule has 196 valence electrons. The van der Waals surface area contributed by atoms with Crippen molar-refractivity contribution in [1.29, 1.82) is 0 Å². The minimum absolute atomic E-state index is 0.0674. The van der Waals surface area contributed by atoms with Gasteiger partial charge in [-0.25, -0.2) is 14.6 Å². The third-order valence-electron chi connectivity index (χ3n) is 6.77. The smallest absolute Gasteiger partial charge is 0.290 e. The molecule has 10 heteroatoms. The van der Waals surface area contributed by atoms with E-state index in [1.54, 1.807) is 4.57 Å². The summed E-state index contributed by atoms with van der Waals surface area (Å²) < 4.78 is 5.55. The van der Waals surface area contributed by atoms with E-state index in [4.69, 9.17) is 4.98 Å². The van der Waals surface area contributed by atoms with E-state index >= 15 is 0 Å². The van der Waals surface area contributed by atoms with Gasteiger partial charge < -0.3 is 0 Å². The minimum atomic E-state index is -0.0674. The summed E-state index contributed by atoms with van der Waals surface area (Å²) in [6.07, 6.45) is 9.39. The van der Waals surface area contributed by atoms with Crippen LogP contribution in [0.25, 0.3) is 28.3 Å². The maximum absolute atomic E-state index is 13.8. The second-order valence-corrected chi connectivity index (χ2v) is 9.68. The third-order valence-corrected chi connectivity index (χ3v) is 6.77. The highest BCUT2D eigenvalue weighted by Crippen LogP contribution is 2.29. The molecule has 0 fully saturated rings. The predicted octanol–water partition coefficient (Wildman–Crippen LogP) is 4.61. The van der Waals surface area contributed by atoms with E-state index < -0.39 is 0 Å². The third kappa shape index (κ3) is 4.81. The summed E-state index contributed by atoms with van der Waals surface area (Å²) in [5, 5.41) is 18.9. The van der Waals surface area contributed by atoms with Gasteiger partial charge in [0.05, 0.1) is 18.4 Å². The van der Waals surface area contributed by atoms with Gasteiger partial charge in [-0.05, 0) is 55.2 Å². The number of aromatic amines is 1. The van der Waals surface area contributed by atoms with Crippen molar-refractivity contribution >= 4 is 0 Å². The molecule has 38 heavy (non-hydrogen) atoms. The lowest BCUT2D eigenvalue weighted by molar-refractivity contribution is 0.517. The highest BCUT2D eigenvalue weighted by molar-refractivity contribution is 5.79. The molecule has 0 unspecified atom stereocenters. The fourth-order valence-corrected chi connectivity index (χ4v) is 4.74. The Morgan fingerprint density at radius 3 is 2.50 bits per heavy atom. The quantitative estimate of drug-likeness (QED) is 0.293. The van der Waals surface area contributed by atoms with Crippen LogP contribution in [-0.4, -0.2) is 44.5 Å². The fraction of sp³-hybridized carbons (Fsp3) is 0.357. The molecule has 4 heterocycles. The van der Waals surface area contributed by atoms with Crippen LogP contribution in [0.1, 0.15) is 63.5 Å². The average molecular weight is 512 g/mol. The van der Waals surface area contributed by atoms with E-state index in [-0.39, 0.29) is 11.7 Å². The number of imidazole rings is 1. The Morgan fingerprint density at radius 1 is 1.03 bits per heavy atom. The van der Waals surface area contributed by atoms with Crippen molar-refractivity contribution in [2.45, 2.75) is 66.0 Å². The molecule has 0 atom stereocenters. The van der Waals surface area contributed by atoms with Gasteiger partial charge in [0.15, 0.2) is 5.82 Å². The van der Waals surface area contributed by atoms with Crippen molar-refractivity contribution < 1.29 is 0 Å². The number of nitrogens with zero attached hydrogens (tertiary/aromatic N) is 8. The maximum atomic E-state index is 13.8. The molecule has 0 aliphatic carbocycles. The molecule has 0 aliphatic rings. The SMILES string of the molecule is CCCCc1cn(-c2c(CC)cnn2C(C)C)c(=O)n1Cc1ccc(-c2ccccc2-c2nnn[nH]2)cn1. The van der Waals surface area contributed by atoms with E-state index in [9.17, 15) is 4.79 Å². The second kappa shape index (κ2) is 11.0. The summed E-state index contributed by atoms with van der Waals surface area (Å²) in [5.41, 5.74) is 5.64. The molecule has 0 bridgehead atoms. The van der Waals surface area contributed by atoms with Crippen LogP contribution in [-0.2, 0) is 19.4 Å². The van der Waals surface area contributed by atoms with E-state index in [1.807, 2.05) is 64.2 Å². The summed E-state index contributed by atoms with van der Waals surface area (Å²) in [7, 11) is 0. The molecule has 10 nitrogen and oxygen atoms in total. The van der Waals surface area contributed by atoms with Gasteiger partial charge in [0.1, 0.15) is 5.82 Å². The zero-order valence-corrected chi connectivity index (χ0v) is 22.3. The van der Waals surface area contributed by atoms with E-state index in [0.29, 0.717) is 12.4 Å². The number of tetrazole rings is 1. The molecule has 0 saturated carbocycles. The highest BCUT2D eigenvalue weighted by atomic mass is 16.1. The van der Waals surface area contributed by atoms with Gasteiger partial charge in [0.2, 0.25) is 0 Å². The van der Waals surface area contributed by atoms with Crippen LogP contribution in [0.2, 0.25) is 0 Å². The van der Waals surface area contributed by atoms with Gasteiger partial charge in [0, 0.05) is 40.8 Å². The van der Waals surface area contributed by atoms with Gasteiger partial charge in [-0.2, -0.15) is 5.10 Å². The number of hydrogen-bond donors (Lipinski definition) is 1. The molecular formula is C28H33N9O. The normalized spacial score (nSPS) is 11.5. The number of hydrogen-bond acceptors (Lipinski definition) is 6. The second-order valence-electron chi connectivity index (χ2n) is 9.68. The molecule has 5 aromatic rings. The van der Waals surface area contributed by atoms with Crippen LogP contribution in [0.3, 0.4) is 0 Å². The fourth-order valence-electron chi connectivity index (χ4n) is 4.74. The van der Waals surface area contributed by atoms with Gasteiger partial charge in [-0.1, -0.05) is 50.6 Å². The van der Waals surface area contributed by atoms with Crippen LogP contribution in [0, 0.1) is 0 Å². The van der Waals surface area contributed by atoms with Gasteiger partial charge in [-0.15, -0.1) is 5.10 Å². The number of unbranched alkanes of at least 4 members (excludes halogenated alkanes) is 1. The minimum Gasteiger partial charge on any atom is -0.290 e. The van der Waals surface area contributed by atoms with Gasteiger partial charge in [-0.3, -0.25) is 14.1 Å². The Hall–Kier alpha value is -4.34. The summed E-state index contributed by atoms with van der Waals surface area (Å²) in [6.45, 7) is 8.82. The zero-order valence-electron chi connectivity index (χ0n) is 22.3. The molecule has 0 radical (unpaired) electrons.